The molecular weight excluding hydrogens is 296 g/mol. The van der Waals surface area contributed by atoms with Gasteiger partial charge < -0.3 is 10.4 Å². The lowest BCUT2D eigenvalue weighted by Crippen LogP contribution is -2.32. The number of hydrogen-bond acceptors (Lipinski definition) is 3. The van der Waals surface area contributed by atoms with Crippen LogP contribution in [0.2, 0.25) is 0 Å². The lowest BCUT2D eigenvalue weighted by molar-refractivity contribution is -0.120. The van der Waals surface area contributed by atoms with Gasteiger partial charge in [-0.15, -0.1) is 11.8 Å². The number of aliphatic hydroxyl groups is 1. The molecule has 2 rings (SSSR count). The third-order valence-corrected chi connectivity index (χ3v) is 4.66. The SMILES string of the molecule is O=C(CCSc1ccc(F)c(F)c1)NCC1CCCC1O. The summed E-state index contributed by atoms with van der Waals surface area (Å²) >= 11 is 1.31. The normalized spacial score (nSPS) is 21.5. The molecule has 1 fully saturated rings. The summed E-state index contributed by atoms with van der Waals surface area (Å²) in [6.45, 7) is 0.510. The molecule has 116 valence electrons. The van der Waals surface area contributed by atoms with Crippen LogP contribution in [0.25, 0.3) is 0 Å². The second-order valence-electron chi connectivity index (χ2n) is 5.24. The van der Waals surface area contributed by atoms with Gasteiger partial charge in [0.25, 0.3) is 0 Å². The molecule has 0 radical (unpaired) electrons. The molecule has 2 atom stereocenters. The van der Waals surface area contributed by atoms with Crippen LogP contribution in [0.4, 0.5) is 8.78 Å². The van der Waals surface area contributed by atoms with Gasteiger partial charge in [0, 0.05) is 29.5 Å². The van der Waals surface area contributed by atoms with Gasteiger partial charge in [-0.05, 0) is 31.0 Å². The first-order valence-electron chi connectivity index (χ1n) is 7.09. The van der Waals surface area contributed by atoms with E-state index in [2.05, 4.69) is 5.32 Å². The zero-order valence-electron chi connectivity index (χ0n) is 11.6. The Morgan fingerprint density at radius 3 is 2.81 bits per heavy atom. The van der Waals surface area contributed by atoms with Crippen LogP contribution in [0.5, 0.6) is 0 Å². The van der Waals surface area contributed by atoms with Crippen molar-refractivity contribution in [3.8, 4) is 0 Å². The van der Waals surface area contributed by atoms with Crippen molar-refractivity contribution in [3.05, 3.63) is 29.8 Å². The molecule has 0 saturated heterocycles. The van der Waals surface area contributed by atoms with Crippen molar-refractivity contribution in [2.24, 2.45) is 5.92 Å². The monoisotopic (exact) mass is 315 g/mol. The van der Waals surface area contributed by atoms with Gasteiger partial charge in [-0.1, -0.05) is 6.42 Å². The van der Waals surface area contributed by atoms with Crippen LogP contribution in [0.15, 0.2) is 23.1 Å². The van der Waals surface area contributed by atoms with Gasteiger partial charge in [-0.2, -0.15) is 0 Å². The molecule has 2 unspecified atom stereocenters. The Labute approximate surface area is 127 Å². The summed E-state index contributed by atoms with van der Waals surface area (Å²) < 4.78 is 25.8. The molecule has 1 aromatic carbocycles. The van der Waals surface area contributed by atoms with Crippen LogP contribution in [0.3, 0.4) is 0 Å². The number of halogens is 2. The Morgan fingerprint density at radius 2 is 2.14 bits per heavy atom. The van der Waals surface area contributed by atoms with Crippen molar-refractivity contribution in [3.63, 3.8) is 0 Å². The third kappa shape index (κ3) is 4.97. The van der Waals surface area contributed by atoms with Crippen molar-refractivity contribution in [1.29, 1.82) is 0 Å². The van der Waals surface area contributed by atoms with Gasteiger partial charge >= 0.3 is 0 Å². The topological polar surface area (TPSA) is 49.3 Å². The van der Waals surface area contributed by atoms with Crippen LogP contribution in [-0.2, 0) is 4.79 Å². The van der Waals surface area contributed by atoms with E-state index in [1.165, 1.54) is 17.8 Å². The summed E-state index contributed by atoms with van der Waals surface area (Å²) in [4.78, 5) is 12.3. The summed E-state index contributed by atoms with van der Waals surface area (Å²) in [5.41, 5.74) is 0. The molecular formula is C15H19F2NO2S. The predicted molar refractivity (Wildman–Crippen MR) is 78.1 cm³/mol. The number of benzene rings is 1. The standard InChI is InChI=1S/C15H19F2NO2S/c16-12-5-4-11(8-13(12)17)21-7-6-15(20)18-9-10-2-1-3-14(10)19/h4-5,8,10,14,19H,1-3,6-7,9H2,(H,18,20). The fourth-order valence-corrected chi connectivity index (χ4v) is 3.29. The Hall–Kier alpha value is -1.14. The van der Waals surface area contributed by atoms with E-state index < -0.39 is 11.6 Å². The fourth-order valence-electron chi connectivity index (χ4n) is 2.42. The molecule has 1 aliphatic carbocycles. The van der Waals surface area contributed by atoms with Crippen molar-refractivity contribution in [1.82, 2.24) is 5.32 Å². The zero-order chi connectivity index (χ0) is 15.2. The lowest BCUT2D eigenvalue weighted by atomic mass is 10.1. The van der Waals surface area contributed by atoms with Crippen molar-refractivity contribution < 1.29 is 18.7 Å². The van der Waals surface area contributed by atoms with Crippen LogP contribution in [0, 0.1) is 17.6 Å². The Balaban J connectivity index is 1.65. The summed E-state index contributed by atoms with van der Waals surface area (Å²) in [6, 6.07) is 3.71. The maximum atomic E-state index is 13.0. The van der Waals surface area contributed by atoms with E-state index in [-0.39, 0.29) is 17.9 Å². The third-order valence-electron chi connectivity index (χ3n) is 3.67. The van der Waals surface area contributed by atoms with E-state index in [1.807, 2.05) is 0 Å². The molecule has 0 aliphatic heterocycles. The highest BCUT2D eigenvalue weighted by molar-refractivity contribution is 7.99. The van der Waals surface area contributed by atoms with Crippen molar-refractivity contribution >= 4 is 17.7 Å². The maximum absolute atomic E-state index is 13.0. The lowest BCUT2D eigenvalue weighted by Gasteiger charge is -2.14. The highest BCUT2D eigenvalue weighted by Crippen LogP contribution is 2.25. The van der Waals surface area contributed by atoms with Gasteiger partial charge in [0.1, 0.15) is 0 Å². The van der Waals surface area contributed by atoms with Gasteiger partial charge in [-0.25, -0.2) is 8.78 Å². The maximum Gasteiger partial charge on any atom is 0.220 e. The highest BCUT2D eigenvalue weighted by Gasteiger charge is 2.25. The second-order valence-corrected chi connectivity index (χ2v) is 6.41. The Morgan fingerprint density at radius 1 is 1.33 bits per heavy atom. The number of hydrogen-bond donors (Lipinski definition) is 2. The number of rotatable bonds is 6. The molecule has 21 heavy (non-hydrogen) atoms. The smallest absolute Gasteiger partial charge is 0.220 e. The quantitative estimate of drug-likeness (QED) is 0.794. The average Bonchev–Trinajstić information content (AvgIpc) is 2.86. The Kier molecular flexibility index (Phi) is 5.99. The van der Waals surface area contributed by atoms with Crippen LogP contribution >= 0.6 is 11.8 Å². The molecule has 1 aromatic rings. The molecule has 6 heteroatoms. The number of carbonyl (C=O) groups excluding carboxylic acids is 1. The molecule has 1 aliphatic rings. The van der Waals surface area contributed by atoms with Gasteiger partial charge in [-0.3, -0.25) is 4.79 Å². The van der Waals surface area contributed by atoms with Crippen molar-refractivity contribution in [2.45, 2.75) is 36.7 Å². The number of nitrogens with one attached hydrogen (secondary N) is 1. The molecule has 0 bridgehead atoms. The first-order valence-corrected chi connectivity index (χ1v) is 8.07. The van der Waals surface area contributed by atoms with Gasteiger partial charge in [0.05, 0.1) is 6.10 Å². The molecule has 0 heterocycles. The van der Waals surface area contributed by atoms with Crippen LogP contribution in [0.1, 0.15) is 25.7 Å². The highest BCUT2D eigenvalue weighted by atomic mass is 32.2. The van der Waals surface area contributed by atoms with Gasteiger partial charge in [0.2, 0.25) is 5.91 Å². The van der Waals surface area contributed by atoms with E-state index >= 15 is 0 Å². The molecule has 1 amide bonds. The molecule has 1 saturated carbocycles. The summed E-state index contributed by atoms with van der Waals surface area (Å²) in [5, 5.41) is 12.5. The number of thioether (sulfide) groups is 1. The summed E-state index contributed by atoms with van der Waals surface area (Å²) in [5.74, 6) is -1.16. The average molecular weight is 315 g/mol. The minimum absolute atomic E-state index is 0.0795. The van der Waals surface area contributed by atoms with Crippen LogP contribution < -0.4 is 5.32 Å². The predicted octanol–water partition coefficient (Wildman–Crippen LogP) is 2.72. The molecule has 2 N–H and O–H groups in total. The number of amides is 1. The van der Waals surface area contributed by atoms with E-state index in [4.69, 9.17) is 0 Å². The Bertz CT molecular complexity index is 499. The zero-order valence-corrected chi connectivity index (χ0v) is 12.5. The van der Waals surface area contributed by atoms with E-state index in [0.29, 0.717) is 23.6 Å². The minimum Gasteiger partial charge on any atom is -0.393 e. The van der Waals surface area contributed by atoms with Crippen LogP contribution in [-0.4, -0.2) is 29.4 Å². The van der Waals surface area contributed by atoms with E-state index in [0.717, 1.165) is 31.4 Å². The molecule has 0 aromatic heterocycles. The molecule has 0 spiro atoms. The van der Waals surface area contributed by atoms with Crippen molar-refractivity contribution in [2.75, 3.05) is 12.3 Å². The van der Waals surface area contributed by atoms with Gasteiger partial charge in [0.15, 0.2) is 11.6 Å². The second kappa shape index (κ2) is 7.75. The fraction of sp³-hybridized carbons (Fsp3) is 0.533. The first-order chi connectivity index (χ1) is 10.1. The minimum atomic E-state index is -0.875. The van der Waals surface area contributed by atoms with E-state index in [1.54, 1.807) is 0 Å². The molecule has 3 nitrogen and oxygen atoms in total. The summed E-state index contributed by atoms with van der Waals surface area (Å²) in [6.07, 6.45) is 2.78. The number of aliphatic hydroxyl groups excluding tert-OH is 1. The largest absolute Gasteiger partial charge is 0.393 e. The number of carbonyl (C=O) groups is 1. The van der Waals surface area contributed by atoms with E-state index in [9.17, 15) is 18.7 Å². The first kappa shape index (κ1) is 16.2. The summed E-state index contributed by atoms with van der Waals surface area (Å²) in [7, 11) is 0.